The Bertz CT molecular complexity index is 498. The summed E-state index contributed by atoms with van der Waals surface area (Å²) in [4.78, 5) is 0. The van der Waals surface area contributed by atoms with Gasteiger partial charge in [0.15, 0.2) is 0 Å². The lowest BCUT2D eigenvalue weighted by atomic mass is 9.93. The van der Waals surface area contributed by atoms with Crippen molar-refractivity contribution >= 4 is 0 Å². The molecule has 0 aromatic heterocycles. The van der Waals surface area contributed by atoms with E-state index in [4.69, 9.17) is 4.74 Å². The molecule has 1 saturated heterocycles. The lowest BCUT2D eigenvalue weighted by molar-refractivity contribution is 0.0153. The molecule has 1 nitrogen and oxygen atoms in total. The van der Waals surface area contributed by atoms with E-state index in [1.165, 1.54) is 29.5 Å². The van der Waals surface area contributed by atoms with Crippen LogP contribution >= 0.6 is 0 Å². The smallest absolute Gasteiger partial charge is 0.0830 e. The Labute approximate surface area is 108 Å². The van der Waals surface area contributed by atoms with Gasteiger partial charge in [0.25, 0.3) is 0 Å². The van der Waals surface area contributed by atoms with Crippen molar-refractivity contribution < 1.29 is 4.74 Å². The van der Waals surface area contributed by atoms with Crippen molar-refractivity contribution in [3.63, 3.8) is 0 Å². The molecule has 3 rings (SSSR count). The predicted octanol–water partition coefficient (Wildman–Crippen LogP) is 4.60. The Morgan fingerprint density at radius 1 is 0.833 bits per heavy atom. The molecule has 1 aliphatic rings. The van der Waals surface area contributed by atoms with Gasteiger partial charge in [0.2, 0.25) is 0 Å². The quantitative estimate of drug-likeness (QED) is 0.743. The Balaban J connectivity index is 1.99. The van der Waals surface area contributed by atoms with Gasteiger partial charge in [0, 0.05) is 6.61 Å². The minimum atomic E-state index is 0.273. The number of rotatable bonds is 2. The Morgan fingerprint density at radius 3 is 2.39 bits per heavy atom. The second kappa shape index (κ2) is 5.36. The van der Waals surface area contributed by atoms with Crippen LogP contribution in [0.15, 0.2) is 54.6 Å². The van der Waals surface area contributed by atoms with E-state index >= 15 is 0 Å². The molecule has 2 aromatic rings. The Hall–Kier alpha value is -1.60. The van der Waals surface area contributed by atoms with E-state index in [0.29, 0.717) is 0 Å². The molecule has 0 saturated carbocycles. The number of benzene rings is 2. The van der Waals surface area contributed by atoms with Gasteiger partial charge in [0.1, 0.15) is 0 Å². The van der Waals surface area contributed by atoms with Crippen molar-refractivity contribution in [2.24, 2.45) is 0 Å². The first-order chi connectivity index (χ1) is 8.95. The van der Waals surface area contributed by atoms with Crippen molar-refractivity contribution in [1.29, 1.82) is 0 Å². The van der Waals surface area contributed by atoms with Gasteiger partial charge in [-0.25, -0.2) is 0 Å². The maximum absolute atomic E-state index is 5.93. The molecule has 0 spiro atoms. The first-order valence-electron chi connectivity index (χ1n) is 6.71. The zero-order chi connectivity index (χ0) is 12.2. The Kier molecular flexibility index (Phi) is 3.42. The van der Waals surface area contributed by atoms with Crippen LogP contribution in [0.5, 0.6) is 0 Å². The maximum atomic E-state index is 5.93. The summed E-state index contributed by atoms with van der Waals surface area (Å²) in [5.74, 6) is 0. The van der Waals surface area contributed by atoms with Crippen molar-refractivity contribution in [2.45, 2.75) is 25.4 Å². The van der Waals surface area contributed by atoms with Crippen molar-refractivity contribution in [3.8, 4) is 11.1 Å². The van der Waals surface area contributed by atoms with Crippen LogP contribution in [-0.2, 0) is 4.74 Å². The second-order valence-electron chi connectivity index (χ2n) is 4.81. The van der Waals surface area contributed by atoms with E-state index in [2.05, 4.69) is 54.6 Å². The van der Waals surface area contributed by atoms with E-state index in [1.54, 1.807) is 0 Å². The predicted molar refractivity (Wildman–Crippen MR) is 74.4 cm³/mol. The fourth-order valence-corrected chi connectivity index (χ4v) is 2.64. The molecule has 0 aliphatic carbocycles. The van der Waals surface area contributed by atoms with E-state index in [9.17, 15) is 0 Å². The van der Waals surface area contributed by atoms with Crippen LogP contribution in [0.4, 0.5) is 0 Å². The molecular weight excluding hydrogens is 220 g/mol. The van der Waals surface area contributed by atoms with Crippen molar-refractivity contribution in [3.05, 3.63) is 60.2 Å². The highest BCUT2D eigenvalue weighted by molar-refractivity contribution is 5.67. The fourth-order valence-electron chi connectivity index (χ4n) is 2.64. The third kappa shape index (κ3) is 2.32. The molecule has 2 aromatic carbocycles. The molecule has 1 fully saturated rings. The third-order valence-electron chi connectivity index (χ3n) is 3.57. The fraction of sp³-hybridized carbons (Fsp3) is 0.294. The van der Waals surface area contributed by atoms with Crippen LogP contribution in [0.25, 0.3) is 11.1 Å². The monoisotopic (exact) mass is 238 g/mol. The normalized spacial score (nSPS) is 19.7. The topological polar surface area (TPSA) is 9.23 Å². The summed E-state index contributed by atoms with van der Waals surface area (Å²) < 4.78 is 5.93. The molecule has 0 amide bonds. The van der Waals surface area contributed by atoms with E-state index in [-0.39, 0.29) is 6.10 Å². The molecule has 92 valence electrons. The van der Waals surface area contributed by atoms with Crippen LogP contribution in [0.2, 0.25) is 0 Å². The highest BCUT2D eigenvalue weighted by Gasteiger charge is 2.19. The molecule has 0 radical (unpaired) electrons. The van der Waals surface area contributed by atoms with Gasteiger partial charge in [-0.2, -0.15) is 0 Å². The summed E-state index contributed by atoms with van der Waals surface area (Å²) in [6.07, 6.45) is 3.89. The average molecular weight is 238 g/mol. The summed E-state index contributed by atoms with van der Waals surface area (Å²) in [6, 6.07) is 19.2. The highest BCUT2D eigenvalue weighted by atomic mass is 16.5. The molecule has 18 heavy (non-hydrogen) atoms. The first-order valence-corrected chi connectivity index (χ1v) is 6.71. The van der Waals surface area contributed by atoms with Crippen LogP contribution < -0.4 is 0 Å². The van der Waals surface area contributed by atoms with Gasteiger partial charge in [0.05, 0.1) is 6.10 Å². The van der Waals surface area contributed by atoms with Crippen LogP contribution in [-0.4, -0.2) is 6.61 Å². The molecule has 1 heteroatoms. The molecule has 1 aliphatic heterocycles. The van der Waals surface area contributed by atoms with E-state index in [1.807, 2.05) is 0 Å². The lowest BCUT2D eigenvalue weighted by Crippen LogP contribution is -2.12. The summed E-state index contributed by atoms with van der Waals surface area (Å²) in [6.45, 7) is 0.897. The van der Waals surface area contributed by atoms with Gasteiger partial charge in [-0.1, -0.05) is 54.6 Å². The van der Waals surface area contributed by atoms with Gasteiger partial charge >= 0.3 is 0 Å². The zero-order valence-electron chi connectivity index (χ0n) is 10.5. The summed E-state index contributed by atoms with van der Waals surface area (Å²) in [7, 11) is 0. The van der Waals surface area contributed by atoms with Crippen LogP contribution in [0, 0.1) is 0 Å². The van der Waals surface area contributed by atoms with Crippen LogP contribution in [0.3, 0.4) is 0 Å². The summed E-state index contributed by atoms with van der Waals surface area (Å²) in [5.41, 5.74) is 3.93. The summed E-state index contributed by atoms with van der Waals surface area (Å²) in [5, 5.41) is 0. The van der Waals surface area contributed by atoms with Crippen molar-refractivity contribution in [2.75, 3.05) is 6.61 Å². The highest BCUT2D eigenvalue weighted by Crippen LogP contribution is 2.34. The van der Waals surface area contributed by atoms with Crippen LogP contribution in [0.1, 0.15) is 30.9 Å². The molecule has 0 N–H and O–H groups in total. The molecule has 1 unspecified atom stereocenters. The largest absolute Gasteiger partial charge is 0.374 e. The second-order valence-corrected chi connectivity index (χ2v) is 4.81. The number of ether oxygens (including phenoxy) is 1. The maximum Gasteiger partial charge on any atom is 0.0830 e. The number of hydrogen-bond acceptors (Lipinski definition) is 1. The summed E-state index contributed by atoms with van der Waals surface area (Å²) >= 11 is 0. The van der Waals surface area contributed by atoms with E-state index < -0.39 is 0 Å². The molecular formula is C17H18O. The molecule has 0 bridgehead atoms. The third-order valence-corrected chi connectivity index (χ3v) is 3.57. The Morgan fingerprint density at radius 2 is 1.61 bits per heavy atom. The van der Waals surface area contributed by atoms with E-state index in [0.717, 1.165) is 13.0 Å². The minimum Gasteiger partial charge on any atom is -0.374 e. The first kappa shape index (κ1) is 11.5. The van der Waals surface area contributed by atoms with Gasteiger partial charge in [-0.15, -0.1) is 0 Å². The van der Waals surface area contributed by atoms with Gasteiger partial charge in [-0.05, 0) is 36.0 Å². The molecule has 1 atom stereocenters. The lowest BCUT2D eigenvalue weighted by Gasteiger charge is -2.25. The minimum absolute atomic E-state index is 0.273. The van der Waals surface area contributed by atoms with Gasteiger partial charge in [-0.3, -0.25) is 0 Å². The zero-order valence-corrected chi connectivity index (χ0v) is 10.5. The SMILES string of the molecule is c1ccc(-c2ccccc2C2CCCCO2)cc1. The standard InChI is InChI=1S/C17H18O/c1-2-8-14(9-3-1)15-10-4-5-11-16(15)17-12-6-7-13-18-17/h1-5,8-11,17H,6-7,12-13H2. The van der Waals surface area contributed by atoms with Crippen molar-refractivity contribution in [1.82, 2.24) is 0 Å². The molecule has 1 heterocycles. The number of hydrogen-bond donors (Lipinski definition) is 0. The van der Waals surface area contributed by atoms with Gasteiger partial charge < -0.3 is 4.74 Å². The average Bonchev–Trinajstić information content (AvgIpc) is 2.49.